The van der Waals surface area contributed by atoms with E-state index >= 15 is 0 Å². The highest BCUT2D eigenvalue weighted by Gasteiger charge is 2.29. The monoisotopic (exact) mass is 220 g/mol. The maximum Gasteiger partial charge on any atom is 0.347 e. The van der Waals surface area contributed by atoms with Gasteiger partial charge in [-0.2, -0.15) is 0 Å². The Morgan fingerprint density at radius 2 is 2.19 bits per heavy atom. The lowest BCUT2D eigenvalue weighted by Gasteiger charge is -2.12. The average molecular weight is 220 g/mol. The topological polar surface area (TPSA) is 52.6 Å². The molecule has 1 saturated heterocycles. The van der Waals surface area contributed by atoms with E-state index < -0.39 is 6.10 Å². The highest BCUT2D eigenvalue weighted by Crippen LogP contribution is 2.22. The third-order valence-corrected chi connectivity index (χ3v) is 2.42. The van der Waals surface area contributed by atoms with Crippen LogP contribution in [0, 0.1) is 0 Å². The molecule has 1 unspecified atom stereocenters. The Hall–Kier alpha value is -1.84. The molecule has 0 bridgehead atoms. The number of hydrogen-bond donors (Lipinski definition) is 0. The Kier molecular flexibility index (Phi) is 2.90. The lowest BCUT2D eigenvalue weighted by atomic mass is 10.1. The first-order chi connectivity index (χ1) is 7.68. The van der Waals surface area contributed by atoms with Gasteiger partial charge in [-0.25, -0.2) is 4.79 Å². The van der Waals surface area contributed by atoms with Gasteiger partial charge in [-0.15, -0.1) is 0 Å². The smallest absolute Gasteiger partial charge is 0.347 e. The van der Waals surface area contributed by atoms with Gasteiger partial charge in [0, 0.05) is 6.42 Å². The normalized spacial score (nSPS) is 19.3. The van der Waals surface area contributed by atoms with Gasteiger partial charge in [0.25, 0.3) is 0 Å². The second-order valence-electron chi connectivity index (χ2n) is 3.62. The van der Waals surface area contributed by atoms with Crippen molar-refractivity contribution in [3.63, 3.8) is 0 Å². The fourth-order valence-corrected chi connectivity index (χ4v) is 1.60. The van der Waals surface area contributed by atoms with Crippen LogP contribution in [0.5, 0.6) is 5.75 Å². The number of ketones is 1. The molecule has 1 fully saturated rings. The molecule has 0 aliphatic carbocycles. The van der Waals surface area contributed by atoms with E-state index in [1.165, 1.54) is 6.92 Å². The van der Waals surface area contributed by atoms with E-state index in [0.29, 0.717) is 24.3 Å². The molecule has 84 valence electrons. The van der Waals surface area contributed by atoms with Crippen LogP contribution in [0.15, 0.2) is 24.3 Å². The number of Topliss-reactive ketones (excluding diaryl/α,β-unsaturated/α-hetero) is 1. The van der Waals surface area contributed by atoms with Gasteiger partial charge >= 0.3 is 5.97 Å². The van der Waals surface area contributed by atoms with Crippen LogP contribution < -0.4 is 4.74 Å². The minimum absolute atomic E-state index is 0.0815. The summed E-state index contributed by atoms with van der Waals surface area (Å²) in [6.45, 7) is 1.85. The standard InChI is InChI=1S/C12H12O4/c1-8(13)9-4-2-3-5-10(9)16-11-6-7-15-12(11)14/h2-5,11H,6-7H2,1H3. The number of ether oxygens (including phenoxy) is 2. The van der Waals surface area contributed by atoms with Crippen molar-refractivity contribution in [1.29, 1.82) is 0 Å². The van der Waals surface area contributed by atoms with Gasteiger partial charge in [-0.1, -0.05) is 12.1 Å². The Morgan fingerprint density at radius 3 is 2.81 bits per heavy atom. The molecule has 4 nitrogen and oxygen atoms in total. The molecule has 0 spiro atoms. The van der Waals surface area contributed by atoms with E-state index in [1.54, 1.807) is 24.3 Å². The van der Waals surface area contributed by atoms with E-state index in [-0.39, 0.29) is 11.8 Å². The maximum absolute atomic E-state index is 11.3. The molecule has 2 rings (SSSR count). The Bertz CT molecular complexity index is 425. The Balaban J connectivity index is 2.20. The fourth-order valence-electron chi connectivity index (χ4n) is 1.60. The SMILES string of the molecule is CC(=O)c1ccccc1OC1CCOC1=O. The van der Waals surface area contributed by atoms with Crippen molar-refractivity contribution >= 4 is 11.8 Å². The molecule has 4 heteroatoms. The summed E-state index contributed by atoms with van der Waals surface area (Å²) >= 11 is 0. The van der Waals surface area contributed by atoms with Crippen molar-refractivity contribution in [2.75, 3.05) is 6.61 Å². The number of carbonyl (C=O) groups excluding carboxylic acids is 2. The van der Waals surface area contributed by atoms with Gasteiger partial charge in [-0.05, 0) is 19.1 Å². The molecule has 1 atom stereocenters. The lowest BCUT2D eigenvalue weighted by Crippen LogP contribution is -2.22. The van der Waals surface area contributed by atoms with Crippen LogP contribution in [0.4, 0.5) is 0 Å². The van der Waals surface area contributed by atoms with Crippen molar-refractivity contribution < 1.29 is 19.1 Å². The number of rotatable bonds is 3. The summed E-state index contributed by atoms with van der Waals surface area (Å²) in [4.78, 5) is 22.6. The van der Waals surface area contributed by atoms with E-state index in [1.807, 2.05) is 0 Å². The minimum Gasteiger partial charge on any atom is -0.478 e. The highest BCUT2D eigenvalue weighted by molar-refractivity contribution is 5.96. The molecule has 16 heavy (non-hydrogen) atoms. The third-order valence-electron chi connectivity index (χ3n) is 2.42. The van der Waals surface area contributed by atoms with E-state index in [2.05, 4.69) is 0 Å². The van der Waals surface area contributed by atoms with Crippen LogP contribution in [0.2, 0.25) is 0 Å². The predicted molar refractivity (Wildman–Crippen MR) is 56.4 cm³/mol. The van der Waals surface area contributed by atoms with Crippen molar-refractivity contribution in [2.24, 2.45) is 0 Å². The number of carbonyl (C=O) groups is 2. The van der Waals surface area contributed by atoms with Crippen LogP contribution in [0.1, 0.15) is 23.7 Å². The molecule has 0 amide bonds. The molecule has 1 aromatic rings. The Labute approximate surface area is 93.2 Å². The van der Waals surface area contributed by atoms with E-state index in [0.717, 1.165) is 0 Å². The second kappa shape index (κ2) is 4.35. The molecule has 1 aromatic carbocycles. The largest absolute Gasteiger partial charge is 0.478 e. The van der Waals surface area contributed by atoms with Gasteiger partial charge < -0.3 is 9.47 Å². The van der Waals surface area contributed by atoms with E-state index in [9.17, 15) is 9.59 Å². The number of benzene rings is 1. The first-order valence-corrected chi connectivity index (χ1v) is 5.12. The fraction of sp³-hybridized carbons (Fsp3) is 0.333. The summed E-state index contributed by atoms with van der Waals surface area (Å²) in [6.07, 6.45) is -0.0501. The quantitative estimate of drug-likeness (QED) is 0.573. The number of cyclic esters (lactones) is 1. The summed E-state index contributed by atoms with van der Waals surface area (Å²) in [7, 11) is 0. The lowest BCUT2D eigenvalue weighted by molar-refractivity contribution is -0.143. The van der Waals surface area contributed by atoms with Gasteiger partial charge in [0.15, 0.2) is 11.9 Å². The van der Waals surface area contributed by atoms with Gasteiger partial charge in [-0.3, -0.25) is 4.79 Å². The molecule has 1 heterocycles. The van der Waals surface area contributed by atoms with Crippen molar-refractivity contribution in [3.05, 3.63) is 29.8 Å². The number of para-hydroxylation sites is 1. The van der Waals surface area contributed by atoms with Crippen LogP contribution in [0.25, 0.3) is 0 Å². The minimum atomic E-state index is -0.583. The number of esters is 1. The zero-order chi connectivity index (χ0) is 11.5. The zero-order valence-electron chi connectivity index (χ0n) is 8.93. The van der Waals surface area contributed by atoms with Crippen LogP contribution >= 0.6 is 0 Å². The predicted octanol–water partition coefficient (Wildman–Crippen LogP) is 1.58. The summed E-state index contributed by atoms with van der Waals surface area (Å²) in [5, 5.41) is 0. The molecule has 0 saturated carbocycles. The van der Waals surface area contributed by atoms with Gasteiger partial charge in [0.1, 0.15) is 5.75 Å². The van der Waals surface area contributed by atoms with Crippen LogP contribution in [-0.2, 0) is 9.53 Å². The van der Waals surface area contributed by atoms with Crippen LogP contribution in [0.3, 0.4) is 0 Å². The summed E-state index contributed by atoms with van der Waals surface area (Å²) in [5.41, 5.74) is 0.488. The van der Waals surface area contributed by atoms with Crippen molar-refractivity contribution in [3.8, 4) is 5.75 Å². The molecule has 0 N–H and O–H groups in total. The van der Waals surface area contributed by atoms with Crippen molar-refractivity contribution in [2.45, 2.75) is 19.4 Å². The molecule has 1 aliphatic heterocycles. The molecular weight excluding hydrogens is 208 g/mol. The van der Waals surface area contributed by atoms with Crippen LogP contribution in [-0.4, -0.2) is 24.5 Å². The molecule has 0 radical (unpaired) electrons. The summed E-state index contributed by atoms with van der Waals surface area (Å²) < 4.78 is 10.3. The summed E-state index contributed by atoms with van der Waals surface area (Å²) in [5.74, 6) is -0.000769. The first kappa shape index (κ1) is 10.7. The number of hydrogen-bond acceptors (Lipinski definition) is 4. The van der Waals surface area contributed by atoms with E-state index in [4.69, 9.17) is 9.47 Å². The summed E-state index contributed by atoms with van der Waals surface area (Å²) in [6, 6.07) is 6.89. The Morgan fingerprint density at radius 1 is 1.44 bits per heavy atom. The third kappa shape index (κ3) is 2.05. The maximum atomic E-state index is 11.3. The average Bonchev–Trinajstić information content (AvgIpc) is 2.65. The van der Waals surface area contributed by atoms with Gasteiger partial charge in [0.05, 0.1) is 12.2 Å². The highest BCUT2D eigenvalue weighted by atomic mass is 16.6. The molecule has 1 aliphatic rings. The molecule has 0 aromatic heterocycles. The zero-order valence-corrected chi connectivity index (χ0v) is 8.93. The van der Waals surface area contributed by atoms with Crippen molar-refractivity contribution in [1.82, 2.24) is 0 Å². The van der Waals surface area contributed by atoms with Gasteiger partial charge in [0.2, 0.25) is 0 Å². The second-order valence-corrected chi connectivity index (χ2v) is 3.62. The molecular formula is C12H12O4. The first-order valence-electron chi connectivity index (χ1n) is 5.12.